The van der Waals surface area contributed by atoms with E-state index < -0.39 is 10.0 Å². The Morgan fingerprint density at radius 1 is 1.04 bits per heavy atom. The Balaban J connectivity index is 1.69. The van der Waals surface area contributed by atoms with Gasteiger partial charge in [-0.2, -0.15) is 4.31 Å². The van der Waals surface area contributed by atoms with Crippen LogP contribution in [0.15, 0.2) is 33.6 Å². The molecule has 2 aromatic rings. The van der Waals surface area contributed by atoms with E-state index in [-0.39, 0.29) is 5.41 Å². The molecule has 0 spiro atoms. The van der Waals surface area contributed by atoms with Crippen molar-refractivity contribution in [3.8, 4) is 0 Å². The van der Waals surface area contributed by atoms with Crippen molar-refractivity contribution >= 4 is 16.0 Å². The van der Waals surface area contributed by atoms with E-state index >= 15 is 0 Å². The number of nitrogens with zero attached hydrogens (tertiary/aromatic N) is 4. The van der Waals surface area contributed by atoms with Gasteiger partial charge in [-0.25, -0.2) is 8.42 Å². The Morgan fingerprint density at radius 3 is 2.15 bits per heavy atom. The van der Waals surface area contributed by atoms with Crippen molar-refractivity contribution in [2.45, 2.75) is 44.4 Å². The highest BCUT2D eigenvalue weighted by Crippen LogP contribution is 2.25. The molecule has 26 heavy (non-hydrogen) atoms. The molecule has 0 saturated carbocycles. The van der Waals surface area contributed by atoms with Crippen LogP contribution < -0.4 is 4.90 Å². The van der Waals surface area contributed by atoms with Gasteiger partial charge in [0.2, 0.25) is 15.9 Å². The molecule has 0 radical (unpaired) electrons. The highest BCUT2D eigenvalue weighted by molar-refractivity contribution is 7.89. The minimum atomic E-state index is -3.49. The SMILES string of the molecule is CCc1nnc(N2CCN(S(=O)(=O)c3ccc(C(C)(C)C)cc3)CC2)o1. The number of hydrogen-bond donors (Lipinski definition) is 0. The van der Waals surface area contributed by atoms with Crippen LogP contribution in [0.1, 0.15) is 39.1 Å². The molecule has 0 N–H and O–H groups in total. The molecule has 7 nitrogen and oxygen atoms in total. The van der Waals surface area contributed by atoms with Gasteiger partial charge in [-0.1, -0.05) is 44.9 Å². The molecule has 0 unspecified atom stereocenters. The number of piperazine rings is 1. The molecule has 0 bridgehead atoms. The first kappa shape index (κ1) is 18.8. The Morgan fingerprint density at radius 2 is 1.65 bits per heavy atom. The van der Waals surface area contributed by atoms with Gasteiger partial charge in [-0.3, -0.25) is 0 Å². The Labute approximate surface area is 155 Å². The summed E-state index contributed by atoms with van der Waals surface area (Å²) in [7, 11) is -3.49. The van der Waals surface area contributed by atoms with Crippen LogP contribution in [0.4, 0.5) is 6.01 Å². The third-order valence-electron chi connectivity index (χ3n) is 4.63. The van der Waals surface area contributed by atoms with Crippen LogP contribution >= 0.6 is 0 Å². The number of hydrogen-bond acceptors (Lipinski definition) is 6. The number of anilines is 1. The zero-order valence-electron chi connectivity index (χ0n) is 15.8. The summed E-state index contributed by atoms with van der Waals surface area (Å²) >= 11 is 0. The number of aryl methyl sites for hydroxylation is 1. The molecule has 0 atom stereocenters. The second-order valence-electron chi connectivity index (χ2n) is 7.50. The van der Waals surface area contributed by atoms with E-state index in [0.29, 0.717) is 49.4 Å². The number of sulfonamides is 1. The molecule has 8 heteroatoms. The summed E-state index contributed by atoms with van der Waals surface area (Å²) in [5.41, 5.74) is 1.11. The standard InChI is InChI=1S/C18H26N4O3S/c1-5-16-19-20-17(25-16)21-10-12-22(13-11-21)26(23,24)15-8-6-14(7-9-15)18(2,3)4/h6-9H,5,10-13H2,1-4H3. The summed E-state index contributed by atoms with van der Waals surface area (Å²) in [6.07, 6.45) is 0.686. The fourth-order valence-corrected chi connectivity index (χ4v) is 4.33. The van der Waals surface area contributed by atoms with Gasteiger partial charge in [0.05, 0.1) is 4.90 Å². The highest BCUT2D eigenvalue weighted by atomic mass is 32.2. The van der Waals surface area contributed by atoms with E-state index in [0.717, 1.165) is 5.56 Å². The number of rotatable bonds is 4. The topological polar surface area (TPSA) is 79.5 Å². The molecular weight excluding hydrogens is 352 g/mol. The molecule has 3 rings (SSSR count). The largest absolute Gasteiger partial charge is 0.408 e. The van der Waals surface area contributed by atoms with Crippen molar-refractivity contribution in [1.29, 1.82) is 0 Å². The predicted octanol–water partition coefficient (Wildman–Crippen LogP) is 2.44. The van der Waals surface area contributed by atoms with Crippen molar-refractivity contribution in [3.05, 3.63) is 35.7 Å². The van der Waals surface area contributed by atoms with Crippen molar-refractivity contribution in [2.75, 3.05) is 31.1 Å². The van der Waals surface area contributed by atoms with E-state index in [1.807, 2.05) is 24.0 Å². The quantitative estimate of drug-likeness (QED) is 0.813. The molecule has 0 aliphatic carbocycles. The first-order valence-electron chi connectivity index (χ1n) is 8.90. The van der Waals surface area contributed by atoms with E-state index in [9.17, 15) is 8.42 Å². The molecular formula is C18H26N4O3S. The van der Waals surface area contributed by atoms with Crippen molar-refractivity contribution in [3.63, 3.8) is 0 Å². The maximum atomic E-state index is 12.9. The third-order valence-corrected chi connectivity index (χ3v) is 6.54. The third kappa shape index (κ3) is 3.76. The Kier molecular flexibility index (Phi) is 5.07. The van der Waals surface area contributed by atoms with Crippen molar-refractivity contribution in [2.24, 2.45) is 0 Å². The second kappa shape index (κ2) is 7.00. The monoisotopic (exact) mass is 378 g/mol. The average molecular weight is 378 g/mol. The summed E-state index contributed by atoms with van der Waals surface area (Å²) in [4.78, 5) is 2.27. The minimum absolute atomic E-state index is 0.00463. The number of benzene rings is 1. The van der Waals surface area contributed by atoms with E-state index in [2.05, 4.69) is 31.0 Å². The van der Waals surface area contributed by atoms with Gasteiger partial charge in [-0.05, 0) is 23.1 Å². The molecule has 142 valence electrons. The zero-order valence-corrected chi connectivity index (χ0v) is 16.6. The molecule has 2 heterocycles. The summed E-state index contributed by atoms with van der Waals surface area (Å²) in [6.45, 7) is 10.1. The lowest BCUT2D eigenvalue weighted by molar-refractivity contribution is 0.369. The van der Waals surface area contributed by atoms with Gasteiger partial charge in [0.15, 0.2) is 0 Å². The van der Waals surface area contributed by atoms with Crippen LogP contribution in [0, 0.1) is 0 Å². The molecule has 1 aromatic heterocycles. The zero-order chi connectivity index (χ0) is 18.9. The first-order valence-corrected chi connectivity index (χ1v) is 10.3. The Bertz CT molecular complexity index is 845. The molecule has 1 saturated heterocycles. The lowest BCUT2D eigenvalue weighted by Gasteiger charge is -2.32. The van der Waals surface area contributed by atoms with E-state index in [4.69, 9.17) is 4.42 Å². The van der Waals surface area contributed by atoms with Crippen molar-refractivity contribution in [1.82, 2.24) is 14.5 Å². The van der Waals surface area contributed by atoms with Crippen LogP contribution in [0.3, 0.4) is 0 Å². The van der Waals surface area contributed by atoms with Gasteiger partial charge in [0, 0.05) is 32.6 Å². The number of aromatic nitrogens is 2. The van der Waals surface area contributed by atoms with Gasteiger partial charge in [-0.15, -0.1) is 5.10 Å². The highest BCUT2D eigenvalue weighted by Gasteiger charge is 2.30. The first-order chi connectivity index (χ1) is 12.2. The van der Waals surface area contributed by atoms with E-state index in [1.54, 1.807) is 12.1 Å². The molecule has 1 fully saturated rings. The van der Waals surface area contributed by atoms with Crippen LogP contribution in [0.25, 0.3) is 0 Å². The predicted molar refractivity (Wildman–Crippen MR) is 99.8 cm³/mol. The summed E-state index contributed by atoms with van der Waals surface area (Å²) in [6, 6.07) is 7.66. The second-order valence-corrected chi connectivity index (χ2v) is 9.44. The lowest BCUT2D eigenvalue weighted by atomic mass is 9.87. The van der Waals surface area contributed by atoms with Gasteiger partial charge in [0.25, 0.3) is 0 Å². The van der Waals surface area contributed by atoms with Gasteiger partial charge >= 0.3 is 6.01 Å². The summed E-state index contributed by atoms with van der Waals surface area (Å²) < 4.78 is 32.9. The fraction of sp³-hybridized carbons (Fsp3) is 0.556. The van der Waals surface area contributed by atoms with Gasteiger partial charge < -0.3 is 9.32 Å². The van der Waals surface area contributed by atoms with Gasteiger partial charge in [0.1, 0.15) is 0 Å². The minimum Gasteiger partial charge on any atom is -0.408 e. The van der Waals surface area contributed by atoms with E-state index in [1.165, 1.54) is 4.31 Å². The summed E-state index contributed by atoms with van der Waals surface area (Å²) in [5.74, 6) is 0.592. The smallest absolute Gasteiger partial charge is 0.318 e. The maximum absolute atomic E-state index is 12.9. The maximum Gasteiger partial charge on any atom is 0.318 e. The lowest BCUT2D eigenvalue weighted by Crippen LogP contribution is -2.48. The van der Waals surface area contributed by atoms with Crippen molar-refractivity contribution < 1.29 is 12.8 Å². The summed E-state index contributed by atoms with van der Waals surface area (Å²) in [5, 5.41) is 7.99. The van der Waals surface area contributed by atoms with Crippen LogP contribution in [0.2, 0.25) is 0 Å². The van der Waals surface area contributed by atoms with Crippen LogP contribution in [0.5, 0.6) is 0 Å². The molecule has 1 aromatic carbocycles. The van der Waals surface area contributed by atoms with Crippen LogP contribution in [-0.4, -0.2) is 49.1 Å². The molecule has 0 amide bonds. The Hall–Kier alpha value is -1.93. The normalized spacial score (nSPS) is 16.8. The molecule has 1 aliphatic heterocycles. The van der Waals surface area contributed by atoms with Crippen LogP contribution in [-0.2, 0) is 21.9 Å². The average Bonchev–Trinajstić information content (AvgIpc) is 3.10. The fourth-order valence-electron chi connectivity index (χ4n) is 2.91. The molecule has 1 aliphatic rings.